The quantitative estimate of drug-likeness (QED) is 0.689. The molecule has 0 aromatic carbocycles. The van der Waals surface area contributed by atoms with Crippen LogP contribution >= 0.6 is 0 Å². The maximum absolute atomic E-state index is 11.8. The third-order valence-corrected chi connectivity index (χ3v) is 1.75. The van der Waals surface area contributed by atoms with Crippen LogP contribution in [0.4, 0.5) is 8.78 Å². The van der Waals surface area contributed by atoms with Gasteiger partial charge in [-0.2, -0.15) is 0 Å². The van der Waals surface area contributed by atoms with Crippen molar-refractivity contribution in [1.29, 1.82) is 0 Å². The molecule has 1 unspecified atom stereocenters. The minimum absolute atomic E-state index is 0.293. The number of aliphatic hydroxyl groups is 1. The molecule has 0 aromatic rings. The lowest BCUT2D eigenvalue weighted by atomic mass is 10.1. The summed E-state index contributed by atoms with van der Waals surface area (Å²) in [7, 11) is 0. The molecule has 1 amide bonds. The topological polar surface area (TPSA) is 49.3 Å². The molecule has 14 heavy (non-hydrogen) atoms. The molecule has 5 heteroatoms. The highest BCUT2D eigenvalue weighted by molar-refractivity contribution is 5.75. The smallest absolute Gasteiger partial charge is 0.265 e. The van der Waals surface area contributed by atoms with E-state index in [1.807, 2.05) is 13.8 Å². The summed E-state index contributed by atoms with van der Waals surface area (Å²) in [6, 6.07) is 0. The van der Waals surface area contributed by atoms with E-state index in [-0.39, 0.29) is 12.5 Å². The Kier molecular flexibility index (Phi) is 6.36. The first-order chi connectivity index (χ1) is 6.43. The normalized spacial score (nSPS) is 13.4. The Labute approximate surface area is 82.5 Å². The van der Waals surface area contributed by atoms with E-state index in [1.165, 1.54) is 0 Å². The average Bonchev–Trinajstić information content (AvgIpc) is 2.10. The van der Waals surface area contributed by atoms with Crippen LogP contribution < -0.4 is 5.32 Å². The molecule has 2 N–H and O–H groups in total. The molecule has 0 aliphatic heterocycles. The molecular weight excluding hydrogens is 192 g/mol. The molecule has 0 aliphatic rings. The number of carbonyl (C=O) groups is 1. The van der Waals surface area contributed by atoms with Crippen molar-refractivity contribution < 1.29 is 18.7 Å². The second-order valence-corrected chi connectivity index (χ2v) is 3.64. The van der Waals surface area contributed by atoms with Crippen molar-refractivity contribution in [3.8, 4) is 0 Å². The fraction of sp³-hybridized carbons (Fsp3) is 0.889. The summed E-state index contributed by atoms with van der Waals surface area (Å²) >= 11 is 0. The number of rotatable bonds is 6. The predicted molar refractivity (Wildman–Crippen MR) is 49.1 cm³/mol. The predicted octanol–water partition coefficient (Wildman–Crippen LogP) is 1.16. The molecule has 0 radical (unpaired) electrons. The van der Waals surface area contributed by atoms with Crippen molar-refractivity contribution in [2.45, 2.75) is 39.2 Å². The Bertz CT molecular complexity index is 174. The van der Waals surface area contributed by atoms with Gasteiger partial charge in [0, 0.05) is 13.0 Å². The van der Waals surface area contributed by atoms with Gasteiger partial charge in [-0.3, -0.25) is 4.79 Å². The van der Waals surface area contributed by atoms with E-state index in [1.54, 1.807) is 0 Å². The monoisotopic (exact) mass is 209 g/mol. The van der Waals surface area contributed by atoms with Crippen molar-refractivity contribution in [3.05, 3.63) is 0 Å². The van der Waals surface area contributed by atoms with E-state index in [2.05, 4.69) is 5.32 Å². The van der Waals surface area contributed by atoms with Crippen molar-refractivity contribution in [2.24, 2.45) is 5.92 Å². The maximum Gasteiger partial charge on any atom is 0.265 e. The van der Waals surface area contributed by atoms with Crippen molar-refractivity contribution >= 4 is 5.91 Å². The van der Waals surface area contributed by atoms with E-state index in [4.69, 9.17) is 5.11 Å². The second kappa shape index (κ2) is 6.70. The number of alkyl halides is 2. The van der Waals surface area contributed by atoms with Crippen LogP contribution in [0.25, 0.3) is 0 Å². The van der Waals surface area contributed by atoms with Gasteiger partial charge >= 0.3 is 0 Å². The maximum atomic E-state index is 11.8. The highest BCUT2D eigenvalue weighted by Gasteiger charge is 2.17. The summed E-state index contributed by atoms with van der Waals surface area (Å²) in [5.41, 5.74) is 0. The van der Waals surface area contributed by atoms with Gasteiger partial charge in [-0.05, 0) is 12.3 Å². The largest absolute Gasteiger partial charge is 0.385 e. The highest BCUT2D eigenvalue weighted by Crippen LogP contribution is 2.03. The number of halogens is 2. The van der Waals surface area contributed by atoms with Crippen LogP contribution in [-0.4, -0.2) is 30.1 Å². The van der Waals surface area contributed by atoms with Crippen LogP contribution in [0.1, 0.15) is 26.7 Å². The molecule has 84 valence electrons. The van der Waals surface area contributed by atoms with E-state index in [9.17, 15) is 13.6 Å². The molecule has 0 aromatic heterocycles. The van der Waals surface area contributed by atoms with E-state index < -0.39 is 12.5 Å². The molecule has 0 aliphatic carbocycles. The molecular formula is C9H17F2NO2. The van der Waals surface area contributed by atoms with Gasteiger partial charge in [0.15, 0.2) is 0 Å². The summed E-state index contributed by atoms with van der Waals surface area (Å²) in [6.45, 7) is 3.57. The van der Waals surface area contributed by atoms with E-state index >= 15 is 0 Å². The molecule has 3 nitrogen and oxygen atoms in total. The number of nitrogens with one attached hydrogen (secondary N) is 1. The summed E-state index contributed by atoms with van der Waals surface area (Å²) in [4.78, 5) is 11.0. The molecule has 0 fully saturated rings. The minimum atomic E-state index is -2.81. The van der Waals surface area contributed by atoms with Crippen LogP contribution in [0.15, 0.2) is 0 Å². The zero-order valence-corrected chi connectivity index (χ0v) is 8.46. The lowest BCUT2D eigenvalue weighted by molar-refractivity contribution is -0.122. The standard InChI is InChI=1S/C9H17F2NO2/c1-6(2)3-4-8(14)12-5-7(13)9(10)11/h6-7,9,13H,3-5H2,1-2H3,(H,12,14). The highest BCUT2D eigenvalue weighted by atomic mass is 19.3. The van der Waals surface area contributed by atoms with Gasteiger partial charge in [0.1, 0.15) is 6.10 Å². The SMILES string of the molecule is CC(C)CCC(=O)NCC(O)C(F)F. The van der Waals surface area contributed by atoms with E-state index in [0.717, 1.165) is 6.42 Å². The van der Waals surface area contributed by atoms with Crippen molar-refractivity contribution in [3.63, 3.8) is 0 Å². The second-order valence-electron chi connectivity index (χ2n) is 3.64. The molecule has 0 saturated carbocycles. The number of hydrogen-bond acceptors (Lipinski definition) is 2. The van der Waals surface area contributed by atoms with Crippen LogP contribution in [-0.2, 0) is 4.79 Å². The summed E-state index contributed by atoms with van der Waals surface area (Å²) in [5.74, 6) is 0.110. The Balaban J connectivity index is 3.54. The number of carbonyl (C=O) groups excluding carboxylic acids is 1. The summed E-state index contributed by atoms with van der Waals surface area (Å²) in [6.07, 6.45) is -3.54. The van der Waals surface area contributed by atoms with Gasteiger partial charge in [-0.15, -0.1) is 0 Å². The van der Waals surface area contributed by atoms with Crippen molar-refractivity contribution in [2.75, 3.05) is 6.54 Å². The molecule has 0 heterocycles. The Morgan fingerprint density at radius 3 is 2.43 bits per heavy atom. The molecule has 0 rings (SSSR count). The average molecular weight is 209 g/mol. The Morgan fingerprint density at radius 1 is 1.43 bits per heavy atom. The Hall–Kier alpha value is -0.710. The fourth-order valence-corrected chi connectivity index (χ4v) is 0.816. The van der Waals surface area contributed by atoms with Crippen LogP contribution in [0, 0.1) is 5.92 Å². The zero-order valence-electron chi connectivity index (χ0n) is 8.46. The number of aliphatic hydroxyl groups excluding tert-OH is 1. The molecule has 1 atom stereocenters. The molecule has 0 spiro atoms. The van der Waals surface area contributed by atoms with Gasteiger partial charge in [-0.25, -0.2) is 8.78 Å². The summed E-state index contributed by atoms with van der Waals surface area (Å²) < 4.78 is 23.6. The first-order valence-corrected chi connectivity index (χ1v) is 4.66. The van der Waals surface area contributed by atoms with Gasteiger partial charge < -0.3 is 10.4 Å². The van der Waals surface area contributed by atoms with Gasteiger partial charge in [0.2, 0.25) is 5.91 Å². The lowest BCUT2D eigenvalue weighted by Gasteiger charge is -2.11. The summed E-state index contributed by atoms with van der Waals surface area (Å²) in [5, 5.41) is 10.9. The van der Waals surface area contributed by atoms with Crippen molar-refractivity contribution in [1.82, 2.24) is 5.32 Å². The van der Waals surface area contributed by atoms with E-state index in [0.29, 0.717) is 12.3 Å². The molecule has 0 saturated heterocycles. The first-order valence-electron chi connectivity index (χ1n) is 4.66. The van der Waals surface area contributed by atoms with Crippen LogP contribution in [0.2, 0.25) is 0 Å². The van der Waals surface area contributed by atoms with Crippen LogP contribution in [0.3, 0.4) is 0 Å². The molecule has 0 bridgehead atoms. The third-order valence-electron chi connectivity index (χ3n) is 1.75. The first kappa shape index (κ1) is 13.3. The van der Waals surface area contributed by atoms with Gasteiger partial charge in [0.05, 0.1) is 0 Å². The lowest BCUT2D eigenvalue weighted by Crippen LogP contribution is -2.35. The number of hydrogen-bond donors (Lipinski definition) is 2. The van der Waals surface area contributed by atoms with Crippen LogP contribution in [0.5, 0.6) is 0 Å². The number of amides is 1. The fourth-order valence-electron chi connectivity index (χ4n) is 0.816. The third kappa shape index (κ3) is 6.77. The minimum Gasteiger partial charge on any atom is -0.385 e. The Morgan fingerprint density at radius 2 is 2.00 bits per heavy atom. The van der Waals surface area contributed by atoms with Gasteiger partial charge in [-0.1, -0.05) is 13.8 Å². The van der Waals surface area contributed by atoms with Gasteiger partial charge in [0.25, 0.3) is 6.43 Å². The zero-order chi connectivity index (χ0) is 11.1.